The van der Waals surface area contributed by atoms with E-state index in [1.54, 1.807) is 0 Å². The van der Waals surface area contributed by atoms with Crippen LogP contribution in [0, 0.1) is 56.7 Å². The largest absolute Gasteiger partial charge is 0.393 e. The van der Waals surface area contributed by atoms with Gasteiger partial charge in [0.2, 0.25) is 0 Å². The minimum Gasteiger partial charge on any atom is -0.393 e. The molecule has 2 heteroatoms. The van der Waals surface area contributed by atoms with Crippen LogP contribution in [-0.4, -0.2) is 21.9 Å². The van der Waals surface area contributed by atoms with Gasteiger partial charge >= 0.3 is 0 Å². The number of rotatable bonds is 1. The van der Waals surface area contributed by atoms with Gasteiger partial charge in [-0.05, 0) is 135 Å². The summed E-state index contributed by atoms with van der Waals surface area (Å²) in [5.41, 5.74) is 1.07. The van der Waals surface area contributed by atoms with E-state index in [-0.39, 0.29) is 11.5 Å². The second-order valence-corrected chi connectivity index (χ2v) is 15.4. The van der Waals surface area contributed by atoms with E-state index in [9.17, 15) is 10.2 Å². The lowest BCUT2D eigenvalue weighted by Gasteiger charge is -2.73. The van der Waals surface area contributed by atoms with Crippen molar-refractivity contribution in [1.82, 2.24) is 0 Å². The first kappa shape index (κ1) is 23.7. The molecule has 0 bridgehead atoms. The molecule has 5 saturated carbocycles. The van der Waals surface area contributed by atoms with Crippen molar-refractivity contribution in [2.24, 2.45) is 56.7 Å². The summed E-state index contributed by atoms with van der Waals surface area (Å²) in [6, 6.07) is 0. The zero-order chi connectivity index (χ0) is 23.5. The van der Waals surface area contributed by atoms with Crippen LogP contribution >= 0.6 is 0 Å². The maximum atomic E-state index is 11.0. The van der Waals surface area contributed by atoms with Crippen molar-refractivity contribution < 1.29 is 10.2 Å². The fourth-order valence-electron chi connectivity index (χ4n) is 12.0. The van der Waals surface area contributed by atoms with Gasteiger partial charge in [-0.3, -0.25) is 0 Å². The molecule has 0 amide bonds. The standard InChI is InChI=1S/C30H52O2/c1-25(2)21-13-18-30(8)23(28(21,6)16-14-24(25)31)10-9-22-27(5)15-11-19(26(3,4)32)20(27)12-17-29(22,30)7/h19-24,31-32H,9-18H2,1-8H3/t19-,20+,21+,22+,23+,24-,27-,28-,29+,30+/m0/s1. The number of hydrogen-bond acceptors (Lipinski definition) is 2. The molecule has 32 heavy (non-hydrogen) atoms. The first-order chi connectivity index (χ1) is 14.6. The van der Waals surface area contributed by atoms with Gasteiger partial charge in [-0.25, -0.2) is 0 Å². The second kappa shape index (κ2) is 6.77. The third-order valence-electron chi connectivity index (χ3n) is 13.8. The molecule has 2 N–H and O–H groups in total. The van der Waals surface area contributed by atoms with Gasteiger partial charge in [0.1, 0.15) is 0 Å². The summed E-state index contributed by atoms with van der Waals surface area (Å²) < 4.78 is 0. The molecule has 184 valence electrons. The highest BCUT2D eigenvalue weighted by atomic mass is 16.3. The van der Waals surface area contributed by atoms with Crippen molar-refractivity contribution in [1.29, 1.82) is 0 Å². The molecular weight excluding hydrogens is 392 g/mol. The van der Waals surface area contributed by atoms with Gasteiger partial charge in [-0.2, -0.15) is 0 Å². The van der Waals surface area contributed by atoms with Gasteiger partial charge in [0, 0.05) is 0 Å². The molecule has 5 rings (SSSR count). The highest BCUT2D eigenvalue weighted by Gasteiger charge is 2.71. The van der Waals surface area contributed by atoms with Crippen LogP contribution in [0.4, 0.5) is 0 Å². The third kappa shape index (κ3) is 2.72. The molecule has 0 aliphatic heterocycles. The summed E-state index contributed by atoms with van der Waals surface area (Å²) in [6.07, 6.45) is 12.6. The minimum absolute atomic E-state index is 0.0428. The molecule has 5 aliphatic rings. The van der Waals surface area contributed by atoms with Crippen molar-refractivity contribution in [2.75, 3.05) is 0 Å². The van der Waals surface area contributed by atoms with Crippen LogP contribution in [0.5, 0.6) is 0 Å². The van der Waals surface area contributed by atoms with Crippen LogP contribution < -0.4 is 0 Å². The van der Waals surface area contributed by atoms with Gasteiger partial charge in [-0.1, -0.05) is 41.5 Å². The average molecular weight is 445 g/mol. The van der Waals surface area contributed by atoms with Gasteiger partial charge in [0.15, 0.2) is 0 Å². The van der Waals surface area contributed by atoms with E-state index in [2.05, 4.69) is 55.4 Å². The van der Waals surface area contributed by atoms with E-state index in [1.165, 1.54) is 57.8 Å². The minimum atomic E-state index is -0.544. The topological polar surface area (TPSA) is 40.5 Å². The van der Waals surface area contributed by atoms with Gasteiger partial charge in [-0.15, -0.1) is 0 Å². The third-order valence-corrected chi connectivity index (χ3v) is 13.8. The molecular formula is C30H52O2. The van der Waals surface area contributed by atoms with Crippen LogP contribution in [0.2, 0.25) is 0 Å². The molecule has 10 atom stereocenters. The molecule has 0 unspecified atom stereocenters. The van der Waals surface area contributed by atoms with E-state index in [0.29, 0.717) is 39.4 Å². The Morgan fingerprint density at radius 1 is 0.625 bits per heavy atom. The Labute approximate surface area is 198 Å². The quantitative estimate of drug-likeness (QED) is 0.448. The fourth-order valence-corrected chi connectivity index (χ4v) is 12.0. The summed E-state index contributed by atoms with van der Waals surface area (Å²) in [5.74, 6) is 3.39. The van der Waals surface area contributed by atoms with Crippen molar-refractivity contribution in [3.8, 4) is 0 Å². The SMILES string of the molecule is CC(C)(O)[C@H]1CC[C@@]2(C)[C@@H]1CC[C@]1(C)[C@@H]2CC[C@@H]2[C@@]3(C)CC[C@H](O)C(C)(C)[C@H]3CC[C@]21C. The van der Waals surface area contributed by atoms with Gasteiger partial charge in [0.05, 0.1) is 11.7 Å². The maximum Gasteiger partial charge on any atom is 0.0622 e. The summed E-state index contributed by atoms with van der Waals surface area (Å²) >= 11 is 0. The van der Waals surface area contributed by atoms with Crippen LogP contribution in [0.25, 0.3) is 0 Å². The van der Waals surface area contributed by atoms with E-state index in [1.807, 2.05) is 0 Å². The van der Waals surface area contributed by atoms with Gasteiger partial charge in [0.25, 0.3) is 0 Å². The molecule has 0 aromatic heterocycles. The van der Waals surface area contributed by atoms with Crippen LogP contribution in [0.15, 0.2) is 0 Å². The maximum absolute atomic E-state index is 11.0. The zero-order valence-electron chi connectivity index (χ0n) is 22.4. The number of fused-ring (bicyclic) bond motifs is 7. The van der Waals surface area contributed by atoms with Crippen molar-refractivity contribution >= 4 is 0 Å². The zero-order valence-corrected chi connectivity index (χ0v) is 22.4. The first-order valence-electron chi connectivity index (χ1n) is 14.0. The predicted molar refractivity (Wildman–Crippen MR) is 132 cm³/mol. The molecule has 2 nitrogen and oxygen atoms in total. The van der Waals surface area contributed by atoms with Crippen molar-refractivity contribution in [3.63, 3.8) is 0 Å². The Morgan fingerprint density at radius 3 is 1.75 bits per heavy atom. The fraction of sp³-hybridized carbons (Fsp3) is 1.00. The molecule has 5 fully saturated rings. The Hall–Kier alpha value is -0.0800. The molecule has 0 radical (unpaired) electrons. The molecule has 0 heterocycles. The highest BCUT2D eigenvalue weighted by Crippen LogP contribution is 2.78. The number of hydrogen-bond donors (Lipinski definition) is 2. The summed E-state index contributed by atoms with van der Waals surface area (Å²) in [7, 11) is 0. The predicted octanol–water partition coefficient (Wildman–Crippen LogP) is 7.22. The van der Waals surface area contributed by atoms with E-state index >= 15 is 0 Å². The summed E-state index contributed by atoms with van der Waals surface area (Å²) in [4.78, 5) is 0. The normalized spacial score (nSPS) is 57.2. The lowest BCUT2D eigenvalue weighted by atomic mass is 9.32. The molecule has 5 aliphatic carbocycles. The second-order valence-electron chi connectivity index (χ2n) is 15.4. The first-order valence-corrected chi connectivity index (χ1v) is 14.0. The van der Waals surface area contributed by atoms with E-state index in [4.69, 9.17) is 0 Å². The monoisotopic (exact) mass is 444 g/mol. The Bertz CT molecular complexity index is 765. The van der Waals surface area contributed by atoms with Crippen molar-refractivity contribution in [3.05, 3.63) is 0 Å². The Balaban J connectivity index is 1.51. The molecule has 0 saturated heterocycles. The van der Waals surface area contributed by atoms with E-state index in [0.717, 1.165) is 18.3 Å². The lowest BCUT2D eigenvalue weighted by molar-refractivity contribution is -0.253. The number of aliphatic hydroxyl groups excluding tert-OH is 1. The summed E-state index contributed by atoms with van der Waals surface area (Å²) in [6.45, 7) is 19.5. The Kier molecular flexibility index (Phi) is 5.01. The van der Waals surface area contributed by atoms with Gasteiger partial charge < -0.3 is 10.2 Å². The Morgan fingerprint density at radius 2 is 1.16 bits per heavy atom. The van der Waals surface area contributed by atoms with Crippen molar-refractivity contribution in [2.45, 2.75) is 131 Å². The lowest BCUT2D eigenvalue weighted by Crippen LogP contribution is -2.67. The highest BCUT2D eigenvalue weighted by molar-refractivity contribution is 5.19. The molecule has 0 aromatic rings. The number of aliphatic hydroxyl groups is 2. The van der Waals surface area contributed by atoms with Crippen LogP contribution in [-0.2, 0) is 0 Å². The smallest absolute Gasteiger partial charge is 0.0622 e. The molecule has 0 spiro atoms. The van der Waals surface area contributed by atoms with E-state index < -0.39 is 5.60 Å². The average Bonchev–Trinajstić information content (AvgIpc) is 3.03. The van der Waals surface area contributed by atoms with Crippen LogP contribution in [0.3, 0.4) is 0 Å². The molecule has 0 aromatic carbocycles. The summed E-state index contributed by atoms with van der Waals surface area (Å²) in [5, 5.41) is 21.9. The van der Waals surface area contributed by atoms with Crippen LogP contribution in [0.1, 0.15) is 120 Å².